The van der Waals surface area contributed by atoms with Crippen LogP contribution in [0.4, 0.5) is 0 Å². The quantitative estimate of drug-likeness (QED) is 0.647. The van der Waals surface area contributed by atoms with Crippen LogP contribution in [0.3, 0.4) is 0 Å². The van der Waals surface area contributed by atoms with E-state index >= 15 is 0 Å². The zero-order valence-corrected chi connectivity index (χ0v) is 8.80. The third-order valence-corrected chi connectivity index (χ3v) is 2.20. The van der Waals surface area contributed by atoms with Gasteiger partial charge in [-0.15, -0.1) is 0 Å². The number of aliphatic hydroxyl groups is 1. The molecule has 13 heavy (non-hydrogen) atoms. The summed E-state index contributed by atoms with van der Waals surface area (Å²) in [4.78, 5) is 10.5. The summed E-state index contributed by atoms with van der Waals surface area (Å²) >= 11 is 0. The number of unbranched alkanes of at least 4 members (excludes halogenated alkanes) is 1. The molecule has 0 aliphatic carbocycles. The van der Waals surface area contributed by atoms with Gasteiger partial charge in [0.05, 0.1) is 5.60 Å². The SMILES string of the molecule is CCCCC(O)(CC)COC(C)=O. The van der Waals surface area contributed by atoms with Crippen molar-refractivity contribution in [2.45, 2.75) is 52.1 Å². The Morgan fingerprint density at radius 3 is 2.46 bits per heavy atom. The van der Waals surface area contributed by atoms with E-state index in [1.54, 1.807) is 0 Å². The minimum Gasteiger partial charge on any atom is -0.463 e. The number of carbonyl (C=O) groups is 1. The first-order chi connectivity index (χ1) is 6.04. The molecular formula is C10H20O3. The average molecular weight is 188 g/mol. The molecule has 3 nitrogen and oxygen atoms in total. The van der Waals surface area contributed by atoms with E-state index in [2.05, 4.69) is 6.92 Å². The molecule has 0 saturated carbocycles. The van der Waals surface area contributed by atoms with Gasteiger partial charge in [-0.3, -0.25) is 4.79 Å². The highest BCUT2D eigenvalue weighted by atomic mass is 16.5. The van der Waals surface area contributed by atoms with Crippen LogP contribution >= 0.6 is 0 Å². The maximum absolute atomic E-state index is 10.5. The van der Waals surface area contributed by atoms with Gasteiger partial charge in [-0.1, -0.05) is 26.7 Å². The summed E-state index contributed by atoms with van der Waals surface area (Å²) in [6.45, 7) is 5.45. The Hall–Kier alpha value is -0.570. The second-order valence-corrected chi connectivity index (χ2v) is 3.46. The van der Waals surface area contributed by atoms with Gasteiger partial charge < -0.3 is 9.84 Å². The molecule has 0 aromatic rings. The minimum atomic E-state index is -0.818. The molecular weight excluding hydrogens is 168 g/mol. The fraction of sp³-hybridized carbons (Fsp3) is 0.900. The summed E-state index contributed by atoms with van der Waals surface area (Å²) in [5.41, 5.74) is -0.818. The lowest BCUT2D eigenvalue weighted by Crippen LogP contribution is -2.34. The summed E-state index contributed by atoms with van der Waals surface area (Å²) in [6, 6.07) is 0. The van der Waals surface area contributed by atoms with Crippen molar-refractivity contribution < 1.29 is 14.6 Å². The Bertz CT molecular complexity index is 156. The van der Waals surface area contributed by atoms with E-state index in [4.69, 9.17) is 4.74 Å². The maximum atomic E-state index is 10.5. The Kier molecular flexibility index (Phi) is 5.71. The lowest BCUT2D eigenvalue weighted by atomic mass is 9.95. The van der Waals surface area contributed by atoms with Crippen molar-refractivity contribution in [3.05, 3.63) is 0 Å². The lowest BCUT2D eigenvalue weighted by molar-refractivity contribution is -0.149. The van der Waals surface area contributed by atoms with Crippen molar-refractivity contribution in [3.63, 3.8) is 0 Å². The zero-order valence-electron chi connectivity index (χ0n) is 8.80. The fourth-order valence-corrected chi connectivity index (χ4v) is 1.09. The van der Waals surface area contributed by atoms with E-state index in [0.29, 0.717) is 12.8 Å². The molecule has 78 valence electrons. The monoisotopic (exact) mass is 188 g/mol. The van der Waals surface area contributed by atoms with Crippen LogP contribution in [-0.2, 0) is 9.53 Å². The summed E-state index contributed by atoms with van der Waals surface area (Å²) in [5.74, 6) is -0.330. The van der Waals surface area contributed by atoms with Crippen LogP contribution in [0.1, 0.15) is 46.5 Å². The van der Waals surface area contributed by atoms with Crippen molar-refractivity contribution in [2.75, 3.05) is 6.61 Å². The first-order valence-corrected chi connectivity index (χ1v) is 4.90. The number of carbonyl (C=O) groups excluding carboxylic acids is 1. The number of hydrogen-bond acceptors (Lipinski definition) is 3. The number of hydrogen-bond donors (Lipinski definition) is 1. The Morgan fingerprint density at radius 1 is 1.46 bits per heavy atom. The van der Waals surface area contributed by atoms with E-state index in [1.807, 2.05) is 6.92 Å². The molecule has 0 aliphatic heterocycles. The molecule has 0 aromatic carbocycles. The minimum absolute atomic E-state index is 0.124. The van der Waals surface area contributed by atoms with Gasteiger partial charge in [0.25, 0.3) is 0 Å². The second-order valence-electron chi connectivity index (χ2n) is 3.46. The van der Waals surface area contributed by atoms with Gasteiger partial charge in [0.1, 0.15) is 6.61 Å². The molecule has 1 atom stereocenters. The zero-order chi connectivity index (χ0) is 10.3. The highest BCUT2D eigenvalue weighted by Crippen LogP contribution is 2.18. The molecule has 0 saturated heterocycles. The van der Waals surface area contributed by atoms with Crippen LogP contribution < -0.4 is 0 Å². The van der Waals surface area contributed by atoms with Crippen molar-refractivity contribution in [1.29, 1.82) is 0 Å². The van der Waals surface area contributed by atoms with E-state index in [-0.39, 0.29) is 12.6 Å². The normalized spacial score (nSPS) is 15.1. The molecule has 0 amide bonds. The van der Waals surface area contributed by atoms with Crippen LogP contribution in [0.25, 0.3) is 0 Å². The first kappa shape index (κ1) is 12.4. The molecule has 1 unspecified atom stereocenters. The molecule has 0 aromatic heterocycles. The second kappa shape index (κ2) is 5.97. The molecule has 0 fully saturated rings. The van der Waals surface area contributed by atoms with E-state index in [9.17, 15) is 9.90 Å². The predicted molar refractivity (Wildman–Crippen MR) is 51.4 cm³/mol. The van der Waals surface area contributed by atoms with Crippen molar-refractivity contribution >= 4 is 5.97 Å². The van der Waals surface area contributed by atoms with Crippen LogP contribution in [-0.4, -0.2) is 23.3 Å². The van der Waals surface area contributed by atoms with E-state index in [0.717, 1.165) is 12.8 Å². The predicted octanol–water partition coefficient (Wildman–Crippen LogP) is 1.88. The lowest BCUT2D eigenvalue weighted by Gasteiger charge is -2.25. The highest BCUT2D eigenvalue weighted by Gasteiger charge is 2.25. The molecule has 0 rings (SSSR count). The van der Waals surface area contributed by atoms with Gasteiger partial charge in [0, 0.05) is 6.92 Å². The van der Waals surface area contributed by atoms with Gasteiger partial charge in [-0.05, 0) is 12.8 Å². The van der Waals surface area contributed by atoms with Crippen molar-refractivity contribution in [1.82, 2.24) is 0 Å². The Labute approximate surface area is 80.1 Å². The van der Waals surface area contributed by atoms with Gasteiger partial charge in [0.15, 0.2) is 0 Å². The molecule has 3 heteroatoms. The number of esters is 1. The Balaban J connectivity index is 3.87. The molecule has 0 bridgehead atoms. The van der Waals surface area contributed by atoms with Crippen molar-refractivity contribution in [3.8, 4) is 0 Å². The largest absolute Gasteiger partial charge is 0.463 e. The molecule has 0 aliphatic rings. The summed E-state index contributed by atoms with van der Waals surface area (Å²) < 4.78 is 4.81. The van der Waals surface area contributed by atoms with Gasteiger partial charge in [-0.2, -0.15) is 0 Å². The van der Waals surface area contributed by atoms with Crippen LogP contribution in [0, 0.1) is 0 Å². The summed E-state index contributed by atoms with van der Waals surface area (Å²) in [6.07, 6.45) is 3.33. The van der Waals surface area contributed by atoms with Crippen molar-refractivity contribution in [2.24, 2.45) is 0 Å². The molecule has 0 spiro atoms. The van der Waals surface area contributed by atoms with E-state index in [1.165, 1.54) is 6.92 Å². The smallest absolute Gasteiger partial charge is 0.302 e. The fourth-order valence-electron chi connectivity index (χ4n) is 1.09. The third-order valence-electron chi connectivity index (χ3n) is 2.20. The van der Waals surface area contributed by atoms with E-state index < -0.39 is 5.60 Å². The Morgan fingerprint density at radius 2 is 2.08 bits per heavy atom. The van der Waals surface area contributed by atoms with Gasteiger partial charge in [-0.25, -0.2) is 0 Å². The van der Waals surface area contributed by atoms with Gasteiger partial charge >= 0.3 is 5.97 Å². The molecule has 1 N–H and O–H groups in total. The van der Waals surface area contributed by atoms with Crippen LogP contribution in [0.2, 0.25) is 0 Å². The van der Waals surface area contributed by atoms with Crippen LogP contribution in [0.5, 0.6) is 0 Å². The molecule has 0 heterocycles. The maximum Gasteiger partial charge on any atom is 0.302 e. The topological polar surface area (TPSA) is 46.5 Å². The highest BCUT2D eigenvalue weighted by molar-refractivity contribution is 5.65. The first-order valence-electron chi connectivity index (χ1n) is 4.90. The average Bonchev–Trinajstić information content (AvgIpc) is 2.11. The summed E-state index contributed by atoms with van der Waals surface area (Å²) in [7, 11) is 0. The third kappa shape index (κ3) is 5.64. The number of rotatable bonds is 6. The number of ether oxygens (including phenoxy) is 1. The van der Waals surface area contributed by atoms with Crippen LogP contribution in [0.15, 0.2) is 0 Å². The summed E-state index contributed by atoms with van der Waals surface area (Å²) in [5, 5.41) is 9.92. The van der Waals surface area contributed by atoms with Gasteiger partial charge in [0.2, 0.25) is 0 Å². The standard InChI is InChI=1S/C10H20O3/c1-4-6-7-10(12,5-2)8-13-9(3)11/h12H,4-8H2,1-3H3. The molecule has 0 radical (unpaired) electrons.